The number of carbonyl (C=O) groups is 1. The van der Waals surface area contributed by atoms with Crippen molar-refractivity contribution in [1.82, 2.24) is 34.4 Å². The number of aromatic nitrogens is 3. The van der Waals surface area contributed by atoms with Gasteiger partial charge in [0.2, 0.25) is 0 Å². The summed E-state index contributed by atoms with van der Waals surface area (Å²) in [5.41, 5.74) is 61.0. The number of rotatable bonds is 16. The van der Waals surface area contributed by atoms with Crippen LogP contribution < -0.4 is 51.6 Å². The number of nitrogens with zero attached hydrogens (tertiary/aromatic N) is 7. The Hall–Kier alpha value is -8.95. The Labute approximate surface area is 457 Å². The minimum absolute atomic E-state index is 0.0548. The number of ether oxygens (including phenoxy) is 1. The lowest BCUT2D eigenvalue weighted by Gasteiger charge is -2.41. The molecule has 0 saturated carbocycles. The number of allylic oxidation sites excluding steroid dienone is 4. The molecule has 2 aliphatic rings. The van der Waals surface area contributed by atoms with Gasteiger partial charge in [0.25, 0.3) is 5.91 Å². The lowest BCUT2D eigenvalue weighted by molar-refractivity contribution is 0.0546. The summed E-state index contributed by atoms with van der Waals surface area (Å²) in [7, 11) is 1.96. The number of amides is 1. The summed E-state index contributed by atoms with van der Waals surface area (Å²) in [6.45, 7) is 14.1. The number of aromatic hydroxyl groups is 2. The smallest absolute Gasteiger partial charge is 0.255 e. The summed E-state index contributed by atoms with van der Waals surface area (Å²) in [5, 5.41) is 35.0. The molecule has 2 aromatic heterocycles. The maximum atomic E-state index is 12.8. The number of aliphatic hydroxyl groups excluding tert-OH is 1. The van der Waals surface area contributed by atoms with Crippen molar-refractivity contribution in [3.8, 4) is 11.5 Å². The normalized spacial score (nSPS) is 15.5. The molecule has 3 aromatic carbocycles. The van der Waals surface area contributed by atoms with Crippen LogP contribution in [0.1, 0.15) is 67.6 Å². The van der Waals surface area contributed by atoms with Crippen LogP contribution in [0.3, 0.4) is 0 Å². The van der Waals surface area contributed by atoms with Gasteiger partial charge in [-0.15, -0.1) is 0 Å². The summed E-state index contributed by atoms with van der Waals surface area (Å²) in [5.74, 6) is 0.843. The third kappa shape index (κ3) is 16.5. The number of para-hydroxylation sites is 2. The molecule has 5 aromatic rings. The number of benzene rings is 3. The largest absolute Gasteiger partial charge is 0.512 e. The van der Waals surface area contributed by atoms with Crippen LogP contribution in [0.5, 0.6) is 11.5 Å². The van der Waals surface area contributed by atoms with Crippen molar-refractivity contribution >= 4 is 28.2 Å². The summed E-state index contributed by atoms with van der Waals surface area (Å²) in [6.07, 6.45) is 12.2. The number of pyridine rings is 1. The van der Waals surface area contributed by atoms with E-state index < -0.39 is 0 Å². The number of hydrogen-bond acceptors (Lipinski definition) is 19. The van der Waals surface area contributed by atoms with Gasteiger partial charge in [0.05, 0.1) is 46.9 Å². The number of nitrogens with two attached hydrogens (primary N) is 9. The van der Waals surface area contributed by atoms with E-state index in [0.717, 1.165) is 51.1 Å². The second-order valence-corrected chi connectivity index (χ2v) is 19.0. The van der Waals surface area contributed by atoms with Crippen molar-refractivity contribution in [1.29, 1.82) is 0 Å². The first-order valence-electron chi connectivity index (χ1n) is 25.7. The van der Waals surface area contributed by atoms with Crippen LogP contribution in [0, 0.1) is 0 Å². The monoisotopic (exact) mass is 1070 g/mol. The lowest BCUT2D eigenvalue weighted by Crippen LogP contribution is -2.54. The van der Waals surface area contributed by atoms with E-state index in [1.807, 2.05) is 40.7 Å². The molecule has 7 rings (SSSR count). The van der Waals surface area contributed by atoms with Gasteiger partial charge in [-0.2, -0.15) is 5.10 Å². The number of aliphatic hydroxyl groups is 1. The van der Waals surface area contributed by atoms with Crippen LogP contribution in [0.2, 0.25) is 0 Å². The molecule has 1 unspecified atom stereocenters. The standard InChI is InChI=1S/C23H29N7O.C21H26N6O2.C13H25N3O2/c1-28-20-7-4-5-16(18(20)14-27-28)15-29-9-11-30(12-10-29)21(23(25)26)13-19(24)17-6-2-3-8-22(17)31;1-14-13-26(9-10-27(14)21(29)15-5-4-8-25-12-15)18(20(23)24)11-17(22)16-6-2-3-7-19(16)28;1-4-5-6-18-8-11(13(15)16)7-12(14)9(2)10(3)17/h2-8,13-14,31H,9-12,15,24-26H2,1H3;2-8,11-12,14,28H,9-10,13,22-24H2,1H3;7,17H,4-6,8,14-16H2,1-3H3/b19-13-;17-11-;10-9-,12-7-. The minimum Gasteiger partial charge on any atom is -0.512 e. The molecule has 21 N–H and O–H groups in total. The summed E-state index contributed by atoms with van der Waals surface area (Å²) < 4.78 is 7.34. The summed E-state index contributed by atoms with van der Waals surface area (Å²) >= 11 is 0. The Morgan fingerprint density at radius 3 is 1.83 bits per heavy atom. The second kappa shape index (κ2) is 28.8. The SMILES string of the molecule is CC1CN(C(/C=C(\N)c2ccccc2O)=C(N)N)CCN1C(=O)c1cccnc1.CCCCOCC(/C=C(N)/C(C)=C(/C)O)=C(N)N.Cn1ncc2c(CN3CCN(C(/C=C(\N)c4ccccc4O)=C(N)N)CC3)cccc21. The van der Waals surface area contributed by atoms with Gasteiger partial charge in [-0.25, -0.2) is 0 Å². The van der Waals surface area contributed by atoms with E-state index >= 15 is 0 Å². The Kier molecular flexibility index (Phi) is 22.1. The van der Waals surface area contributed by atoms with Crippen molar-refractivity contribution in [2.45, 2.75) is 53.1 Å². The molecule has 0 bridgehead atoms. The molecule has 2 aliphatic heterocycles. The van der Waals surface area contributed by atoms with Crippen molar-refractivity contribution in [3.05, 3.63) is 189 Å². The highest BCUT2D eigenvalue weighted by Crippen LogP contribution is 2.27. The van der Waals surface area contributed by atoms with Gasteiger partial charge in [-0.3, -0.25) is 19.4 Å². The number of phenols is 2. The molecule has 2 saturated heterocycles. The van der Waals surface area contributed by atoms with Crippen molar-refractivity contribution in [2.24, 2.45) is 58.7 Å². The third-order valence-corrected chi connectivity index (χ3v) is 13.3. The van der Waals surface area contributed by atoms with Crippen LogP contribution in [0.4, 0.5) is 0 Å². The predicted molar refractivity (Wildman–Crippen MR) is 310 cm³/mol. The number of fused-ring (bicyclic) bond motifs is 1. The molecule has 0 radical (unpaired) electrons. The molecule has 1 atom stereocenters. The first-order valence-corrected chi connectivity index (χ1v) is 25.7. The summed E-state index contributed by atoms with van der Waals surface area (Å²) in [6, 6.07) is 23.5. The molecular weight excluding hydrogens is 989 g/mol. The fourth-order valence-corrected chi connectivity index (χ4v) is 8.64. The second-order valence-electron chi connectivity index (χ2n) is 19.0. The van der Waals surface area contributed by atoms with Gasteiger partial charge in [-0.1, -0.05) is 49.7 Å². The quantitative estimate of drug-likeness (QED) is 0.0375. The van der Waals surface area contributed by atoms with Gasteiger partial charge >= 0.3 is 0 Å². The Bertz CT molecular complexity index is 3030. The van der Waals surface area contributed by atoms with Crippen molar-refractivity contribution in [3.63, 3.8) is 0 Å². The average molecular weight is 1070 g/mol. The fourth-order valence-electron chi connectivity index (χ4n) is 8.64. The third-order valence-electron chi connectivity index (χ3n) is 13.3. The Balaban J connectivity index is 0.000000224. The van der Waals surface area contributed by atoms with Crippen LogP contribution in [-0.2, 0) is 18.3 Å². The highest BCUT2D eigenvalue weighted by atomic mass is 16.5. The predicted octanol–water partition coefficient (Wildman–Crippen LogP) is 4.13. The van der Waals surface area contributed by atoms with E-state index in [2.05, 4.69) is 45.0 Å². The van der Waals surface area contributed by atoms with E-state index in [9.17, 15) is 20.1 Å². The molecule has 2 fully saturated rings. The van der Waals surface area contributed by atoms with Gasteiger partial charge < -0.3 is 86.4 Å². The average Bonchev–Trinajstić information content (AvgIpc) is 3.81. The van der Waals surface area contributed by atoms with Gasteiger partial charge in [-0.05, 0) is 93.4 Å². The van der Waals surface area contributed by atoms with Crippen LogP contribution in [-0.4, -0.2) is 121 Å². The van der Waals surface area contributed by atoms with Crippen LogP contribution >= 0.6 is 0 Å². The van der Waals surface area contributed by atoms with E-state index in [4.69, 9.17) is 56.3 Å². The van der Waals surface area contributed by atoms with Gasteiger partial charge in [0.1, 0.15) is 23.1 Å². The first-order chi connectivity index (χ1) is 37.2. The minimum atomic E-state index is -0.0643. The van der Waals surface area contributed by atoms with Crippen molar-refractivity contribution in [2.75, 3.05) is 59.0 Å². The molecule has 21 heteroatoms. The van der Waals surface area contributed by atoms with E-state index in [1.165, 1.54) is 10.9 Å². The molecule has 0 spiro atoms. The number of carbonyl (C=O) groups excluding carboxylic acids is 1. The Morgan fingerprint density at radius 1 is 0.718 bits per heavy atom. The molecule has 4 heterocycles. The zero-order chi connectivity index (χ0) is 57.1. The van der Waals surface area contributed by atoms with E-state index in [-0.39, 0.29) is 46.7 Å². The number of piperazine rings is 2. The Morgan fingerprint density at radius 2 is 1.31 bits per heavy atom. The van der Waals surface area contributed by atoms with Crippen molar-refractivity contribution < 1.29 is 24.9 Å². The zero-order valence-corrected chi connectivity index (χ0v) is 45.5. The summed E-state index contributed by atoms with van der Waals surface area (Å²) in [4.78, 5) is 25.2. The molecular formula is C57H80N16O5. The zero-order valence-electron chi connectivity index (χ0n) is 45.5. The first kappa shape index (κ1) is 59.9. The fraction of sp³-hybridized carbons (Fsp3) is 0.316. The molecule has 21 nitrogen and oxygen atoms in total. The lowest BCUT2D eigenvalue weighted by atomic mass is 10.1. The maximum absolute atomic E-state index is 12.8. The number of phenolic OH excluding ortho intramolecular Hbond substituents is 2. The number of unbranched alkanes of at least 4 members (excludes halogenated alkanes) is 1. The topological polar surface area (TPSA) is 365 Å². The highest BCUT2D eigenvalue weighted by Gasteiger charge is 2.30. The van der Waals surface area contributed by atoms with Gasteiger partial charge in [0, 0.05) is 129 Å². The maximum Gasteiger partial charge on any atom is 0.255 e. The van der Waals surface area contributed by atoms with Gasteiger partial charge in [0.15, 0.2) is 0 Å². The molecule has 0 aliphatic carbocycles. The molecule has 1 amide bonds. The van der Waals surface area contributed by atoms with Crippen LogP contribution in [0.15, 0.2) is 167 Å². The highest BCUT2D eigenvalue weighted by molar-refractivity contribution is 5.94. The molecule has 78 heavy (non-hydrogen) atoms. The van der Waals surface area contributed by atoms with Crippen LogP contribution in [0.25, 0.3) is 22.3 Å². The molecule has 418 valence electrons. The van der Waals surface area contributed by atoms with E-state index in [0.29, 0.717) is 89.2 Å². The number of aryl methyl sites for hydroxylation is 1. The number of hydrogen-bond donors (Lipinski definition) is 12. The van der Waals surface area contributed by atoms with E-state index in [1.54, 1.807) is 99.1 Å².